The molecule has 5 nitrogen and oxygen atoms in total. The number of amides is 3. The smallest absolute Gasteiger partial charge is 0.332 e. The molecule has 0 unspecified atom stereocenters. The second kappa shape index (κ2) is 6.22. The van der Waals surface area contributed by atoms with E-state index in [-0.39, 0.29) is 24.4 Å². The molecule has 1 fully saturated rings. The standard InChI is InChI=1S/C15H19FN2O3/c1-10(2)21-9-8-17-14(19)11(3)18(15(17)20)13-6-4-12(16)5-7-13/h4-7,10-11H,8-9H2,1-3H3/t11-/m0/s1. The molecule has 1 heterocycles. The Hall–Kier alpha value is -1.95. The van der Waals surface area contributed by atoms with Crippen LogP contribution in [0.15, 0.2) is 24.3 Å². The molecule has 0 bridgehead atoms. The molecule has 21 heavy (non-hydrogen) atoms. The maximum atomic E-state index is 13.0. The van der Waals surface area contributed by atoms with Crippen molar-refractivity contribution < 1.29 is 18.7 Å². The topological polar surface area (TPSA) is 49.9 Å². The number of urea groups is 1. The van der Waals surface area contributed by atoms with E-state index in [9.17, 15) is 14.0 Å². The molecule has 1 aromatic carbocycles. The van der Waals surface area contributed by atoms with Gasteiger partial charge in [0.25, 0.3) is 5.91 Å². The van der Waals surface area contributed by atoms with Crippen LogP contribution >= 0.6 is 0 Å². The van der Waals surface area contributed by atoms with Crippen molar-refractivity contribution in [2.45, 2.75) is 32.9 Å². The van der Waals surface area contributed by atoms with E-state index in [0.29, 0.717) is 12.3 Å². The number of anilines is 1. The SMILES string of the molecule is CC(C)OCCN1C(=O)[C@H](C)N(c2ccc(F)cc2)C1=O. The average Bonchev–Trinajstić information content (AvgIpc) is 2.64. The lowest BCUT2D eigenvalue weighted by molar-refractivity contribution is -0.127. The molecule has 1 atom stereocenters. The summed E-state index contributed by atoms with van der Waals surface area (Å²) >= 11 is 0. The summed E-state index contributed by atoms with van der Waals surface area (Å²) in [6, 6.07) is 4.53. The van der Waals surface area contributed by atoms with Gasteiger partial charge in [0.1, 0.15) is 11.9 Å². The van der Waals surface area contributed by atoms with Crippen molar-refractivity contribution in [2.24, 2.45) is 0 Å². The summed E-state index contributed by atoms with van der Waals surface area (Å²) in [4.78, 5) is 27.1. The molecule has 1 aromatic rings. The number of carbonyl (C=O) groups excluding carboxylic acids is 2. The molecule has 1 aliphatic rings. The predicted molar refractivity (Wildman–Crippen MR) is 76.5 cm³/mol. The Bertz CT molecular complexity index is 530. The number of nitrogens with zero attached hydrogens (tertiary/aromatic N) is 2. The Morgan fingerprint density at radius 2 is 1.86 bits per heavy atom. The first-order valence-corrected chi connectivity index (χ1v) is 6.93. The highest BCUT2D eigenvalue weighted by molar-refractivity contribution is 6.14. The third-order valence-corrected chi connectivity index (χ3v) is 3.32. The van der Waals surface area contributed by atoms with Gasteiger partial charge in [0.15, 0.2) is 0 Å². The maximum Gasteiger partial charge on any atom is 0.332 e. The van der Waals surface area contributed by atoms with Crippen LogP contribution < -0.4 is 4.90 Å². The van der Waals surface area contributed by atoms with Gasteiger partial charge in [-0.2, -0.15) is 0 Å². The minimum atomic E-state index is -0.595. The highest BCUT2D eigenvalue weighted by Gasteiger charge is 2.42. The zero-order chi connectivity index (χ0) is 15.6. The Kier molecular flexibility index (Phi) is 4.57. The highest BCUT2D eigenvalue weighted by Crippen LogP contribution is 2.25. The summed E-state index contributed by atoms with van der Waals surface area (Å²) in [5.74, 6) is -0.650. The second-order valence-corrected chi connectivity index (χ2v) is 5.21. The summed E-state index contributed by atoms with van der Waals surface area (Å²) < 4.78 is 18.3. The predicted octanol–water partition coefficient (Wildman–Crippen LogP) is 2.41. The third kappa shape index (κ3) is 3.21. The van der Waals surface area contributed by atoms with Crippen molar-refractivity contribution >= 4 is 17.6 Å². The van der Waals surface area contributed by atoms with Crippen LogP contribution in [-0.2, 0) is 9.53 Å². The van der Waals surface area contributed by atoms with E-state index < -0.39 is 12.1 Å². The van der Waals surface area contributed by atoms with Gasteiger partial charge in [-0.15, -0.1) is 0 Å². The number of hydrogen-bond acceptors (Lipinski definition) is 3. The molecular formula is C15H19FN2O3. The van der Waals surface area contributed by atoms with Gasteiger partial charge >= 0.3 is 6.03 Å². The lowest BCUT2D eigenvalue weighted by Crippen LogP contribution is -2.36. The minimum absolute atomic E-state index is 0.0448. The first-order valence-electron chi connectivity index (χ1n) is 6.93. The molecule has 2 rings (SSSR count). The summed E-state index contributed by atoms with van der Waals surface area (Å²) in [5.41, 5.74) is 0.509. The van der Waals surface area contributed by atoms with Crippen molar-refractivity contribution in [2.75, 3.05) is 18.1 Å². The Balaban J connectivity index is 2.12. The van der Waals surface area contributed by atoms with E-state index in [4.69, 9.17) is 4.74 Å². The first kappa shape index (κ1) is 15.4. The van der Waals surface area contributed by atoms with Gasteiger partial charge in [0.2, 0.25) is 0 Å². The van der Waals surface area contributed by atoms with Gasteiger partial charge in [0, 0.05) is 5.69 Å². The van der Waals surface area contributed by atoms with Crippen LogP contribution in [0.5, 0.6) is 0 Å². The summed E-state index contributed by atoms with van der Waals surface area (Å²) in [6.07, 6.45) is 0.0448. The largest absolute Gasteiger partial charge is 0.377 e. The zero-order valence-corrected chi connectivity index (χ0v) is 12.4. The molecule has 0 aromatic heterocycles. The average molecular weight is 294 g/mol. The van der Waals surface area contributed by atoms with Gasteiger partial charge < -0.3 is 4.74 Å². The number of imide groups is 1. The molecule has 1 saturated heterocycles. The first-order chi connectivity index (χ1) is 9.91. The quantitative estimate of drug-likeness (QED) is 0.784. The number of halogens is 1. The van der Waals surface area contributed by atoms with Crippen LogP contribution in [0, 0.1) is 5.82 Å². The number of rotatable bonds is 5. The fourth-order valence-corrected chi connectivity index (χ4v) is 2.25. The van der Waals surface area contributed by atoms with Crippen LogP contribution in [0.25, 0.3) is 0 Å². The molecule has 114 valence electrons. The fourth-order valence-electron chi connectivity index (χ4n) is 2.25. The number of hydrogen-bond donors (Lipinski definition) is 0. The number of ether oxygens (including phenoxy) is 1. The van der Waals surface area contributed by atoms with Crippen LogP contribution in [-0.4, -0.2) is 42.1 Å². The van der Waals surface area contributed by atoms with Gasteiger partial charge in [-0.1, -0.05) is 0 Å². The van der Waals surface area contributed by atoms with Crippen LogP contribution in [0.3, 0.4) is 0 Å². The van der Waals surface area contributed by atoms with Gasteiger partial charge in [-0.3, -0.25) is 14.6 Å². The van der Waals surface area contributed by atoms with Gasteiger partial charge in [-0.25, -0.2) is 9.18 Å². The molecule has 6 heteroatoms. The second-order valence-electron chi connectivity index (χ2n) is 5.21. The molecule has 0 saturated carbocycles. The zero-order valence-electron chi connectivity index (χ0n) is 12.4. The van der Waals surface area contributed by atoms with Crippen LogP contribution in [0.1, 0.15) is 20.8 Å². The fraction of sp³-hybridized carbons (Fsp3) is 0.467. The summed E-state index contributed by atoms with van der Waals surface area (Å²) in [7, 11) is 0. The number of carbonyl (C=O) groups is 2. The summed E-state index contributed by atoms with van der Waals surface area (Å²) in [5, 5.41) is 0. The van der Waals surface area contributed by atoms with E-state index in [1.54, 1.807) is 6.92 Å². The lowest BCUT2D eigenvalue weighted by Gasteiger charge is -2.19. The van der Waals surface area contributed by atoms with Crippen LogP contribution in [0.2, 0.25) is 0 Å². The molecule has 1 aliphatic heterocycles. The van der Waals surface area contributed by atoms with Crippen molar-refractivity contribution in [3.63, 3.8) is 0 Å². The molecule has 0 aliphatic carbocycles. The van der Waals surface area contributed by atoms with Gasteiger partial charge in [0.05, 0.1) is 19.3 Å². The molecule has 0 spiro atoms. The van der Waals surface area contributed by atoms with E-state index in [1.807, 2.05) is 13.8 Å². The monoisotopic (exact) mass is 294 g/mol. The lowest BCUT2D eigenvalue weighted by atomic mass is 10.2. The third-order valence-electron chi connectivity index (χ3n) is 3.32. The molecule has 0 radical (unpaired) electrons. The normalized spacial score (nSPS) is 19.0. The van der Waals surface area contributed by atoms with E-state index >= 15 is 0 Å². The maximum absolute atomic E-state index is 13.0. The van der Waals surface area contributed by atoms with E-state index in [2.05, 4.69) is 0 Å². The van der Waals surface area contributed by atoms with Crippen molar-refractivity contribution in [1.82, 2.24) is 4.90 Å². The van der Waals surface area contributed by atoms with E-state index in [0.717, 1.165) is 0 Å². The molecule has 3 amide bonds. The Morgan fingerprint density at radius 3 is 2.43 bits per heavy atom. The molecule has 0 N–H and O–H groups in total. The van der Waals surface area contributed by atoms with Crippen LogP contribution in [0.4, 0.5) is 14.9 Å². The Labute approximate surface area is 123 Å². The van der Waals surface area contributed by atoms with E-state index in [1.165, 1.54) is 34.1 Å². The number of benzene rings is 1. The van der Waals surface area contributed by atoms with Crippen molar-refractivity contribution in [3.8, 4) is 0 Å². The summed E-state index contributed by atoms with van der Waals surface area (Å²) in [6.45, 7) is 5.96. The van der Waals surface area contributed by atoms with Crippen molar-refractivity contribution in [3.05, 3.63) is 30.1 Å². The van der Waals surface area contributed by atoms with Gasteiger partial charge in [-0.05, 0) is 45.0 Å². The molecular weight excluding hydrogens is 275 g/mol. The Morgan fingerprint density at radius 1 is 1.24 bits per heavy atom. The highest BCUT2D eigenvalue weighted by atomic mass is 19.1. The minimum Gasteiger partial charge on any atom is -0.377 e. The van der Waals surface area contributed by atoms with Crippen molar-refractivity contribution in [1.29, 1.82) is 0 Å².